The molecule has 0 atom stereocenters. The Morgan fingerprint density at radius 3 is 2.90 bits per heavy atom. The van der Waals surface area contributed by atoms with Crippen molar-refractivity contribution in [1.29, 1.82) is 0 Å². The lowest BCUT2D eigenvalue weighted by molar-refractivity contribution is -0.133. The quantitative estimate of drug-likeness (QED) is 0.703. The molecule has 1 fully saturated rings. The normalized spacial score (nSPS) is 15.4. The van der Waals surface area contributed by atoms with Gasteiger partial charge in [0.05, 0.1) is 11.7 Å². The SMILES string of the molecule is Cc1noc(C2CN(C(=O)CSc3nnnn3C)C2)n1. The number of amides is 1. The summed E-state index contributed by atoms with van der Waals surface area (Å²) in [7, 11) is 1.74. The summed E-state index contributed by atoms with van der Waals surface area (Å²) in [5, 5.41) is 15.4. The minimum atomic E-state index is 0.0606. The zero-order chi connectivity index (χ0) is 14.1. The molecule has 2 aromatic heterocycles. The van der Waals surface area contributed by atoms with E-state index in [1.165, 1.54) is 16.4 Å². The molecule has 20 heavy (non-hydrogen) atoms. The Labute approximate surface area is 118 Å². The van der Waals surface area contributed by atoms with Crippen LogP contribution in [0.2, 0.25) is 0 Å². The zero-order valence-corrected chi connectivity index (χ0v) is 11.9. The summed E-state index contributed by atoms with van der Waals surface area (Å²) in [5.41, 5.74) is 0. The molecule has 3 heterocycles. The number of rotatable bonds is 4. The first kappa shape index (κ1) is 13.0. The molecular formula is C10H13N7O2S. The molecule has 0 bridgehead atoms. The van der Waals surface area contributed by atoms with E-state index in [9.17, 15) is 4.79 Å². The Hall–Kier alpha value is -1.97. The molecule has 3 rings (SSSR count). The van der Waals surface area contributed by atoms with Gasteiger partial charge in [-0.15, -0.1) is 5.10 Å². The predicted octanol–water partition coefficient (Wildman–Crippen LogP) is -0.380. The maximum absolute atomic E-state index is 12.0. The number of nitrogens with zero attached hydrogens (tertiary/aromatic N) is 7. The van der Waals surface area contributed by atoms with Crippen molar-refractivity contribution in [3.8, 4) is 0 Å². The third-order valence-electron chi connectivity index (χ3n) is 3.03. The molecule has 2 aromatic rings. The van der Waals surface area contributed by atoms with Gasteiger partial charge in [0, 0.05) is 20.1 Å². The second kappa shape index (κ2) is 5.19. The highest BCUT2D eigenvalue weighted by atomic mass is 32.2. The zero-order valence-electron chi connectivity index (χ0n) is 11.1. The van der Waals surface area contributed by atoms with E-state index in [0.29, 0.717) is 35.7 Å². The predicted molar refractivity (Wildman–Crippen MR) is 67.9 cm³/mol. The molecule has 106 valence electrons. The van der Waals surface area contributed by atoms with Crippen molar-refractivity contribution in [3.05, 3.63) is 11.7 Å². The standard InChI is InChI=1S/C10H13N7O2S/c1-6-11-9(19-13-6)7-3-17(4-7)8(18)5-20-10-12-14-15-16(10)2/h7H,3-5H2,1-2H3. The highest BCUT2D eigenvalue weighted by molar-refractivity contribution is 7.99. The number of aryl methyl sites for hydroxylation is 2. The van der Waals surface area contributed by atoms with Crippen LogP contribution in [0.1, 0.15) is 17.6 Å². The third kappa shape index (κ3) is 2.50. The van der Waals surface area contributed by atoms with Gasteiger partial charge in [-0.2, -0.15) is 4.98 Å². The van der Waals surface area contributed by atoms with Crippen LogP contribution >= 0.6 is 11.8 Å². The minimum absolute atomic E-state index is 0.0606. The molecule has 0 spiro atoms. The first-order valence-corrected chi connectivity index (χ1v) is 7.05. The van der Waals surface area contributed by atoms with E-state index in [1.807, 2.05) is 0 Å². The Kier molecular flexibility index (Phi) is 3.38. The van der Waals surface area contributed by atoms with Crippen molar-refractivity contribution < 1.29 is 9.32 Å². The topological polar surface area (TPSA) is 103 Å². The van der Waals surface area contributed by atoms with Crippen LogP contribution in [0.4, 0.5) is 0 Å². The Morgan fingerprint density at radius 2 is 2.30 bits per heavy atom. The van der Waals surface area contributed by atoms with Crippen LogP contribution in [0.15, 0.2) is 9.68 Å². The van der Waals surface area contributed by atoms with E-state index in [4.69, 9.17) is 4.52 Å². The minimum Gasteiger partial charge on any atom is -0.340 e. The molecule has 0 aliphatic carbocycles. The van der Waals surface area contributed by atoms with Crippen LogP contribution in [-0.2, 0) is 11.8 Å². The number of carbonyl (C=O) groups excluding carboxylic acids is 1. The molecule has 1 amide bonds. The van der Waals surface area contributed by atoms with Crippen molar-refractivity contribution in [3.63, 3.8) is 0 Å². The Morgan fingerprint density at radius 1 is 1.50 bits per heavy atom. The van der Waals surface area contributed by atoms with Gasteiger partial charge in [0.2, 0.25) is 17.0 Å². The van der Waals surface area contributed by atoms with Crippen LogP contribution in [0.25, 0.3) is 0 Å². The number of aromatic nitrogens is 6. The molecule has 10 heteroatoms. The van der Waals surface area contributed by atoms with Crippen LogP contribution in [0, 0.1) is 6.92 Å². The summed E-state index contributed by atoms with van der Waals surface area (Å²) in [6.45, 7) is 3.02. The molecule has 1 aliphatic rings. The molecular weight excluding hydrogens is 282 g/mol. The van der Waals surface area contributed by atoms with Gasteiger partial charge < -0.3 is 9.42 Å². The molecule has 0 radical (unpaired) electrons. The fraction of sp³-hybridized carbons (Fsp3) is 0.600. The van der Waals surface area contributed by atoms with Gasteiger partial charge in [-0.05, 0) is 17.4 Å². The molecule has 1 aliphatic heterocycles. The highest BCUT2D eigenvalue weighted by Gasteiger charge is 2.35. The van der Waals surface area contributed by atoms with Crippen LogP contribution in [-0.4, -0.2) is 60.0 Å². The second-order valence-corrected chi connectivity index (χ2v) is 5.49. The third-order valence-corrected chi connectivity index (χ3v) is 4.03. The van der Waals surface area contributed by atoms with Gasteiger partial charge in [0.1, 0.15) is 0 Å². The maximum atomic E-state index is 12.0. The number of tetrazole rings is 1. The summed E-state index contributed by atoms with van der Waals surface area (Å²) in [6.07, 6.45) is 0. The van der Waals surface area contributed by atoms with E-state index in [1.54, 1.807) is 18.9 Å². The lowest BCUT2D eigenvalue weighted by atomic mass is 10.0. The first-order valence-electron chi connectivity index (χ1n) is 6.06. The fourth-order valence-electron chi connectivity index (χ4n) is 1.88. The molecule has 1 saturated heterocycles. The monoisotopic (exact) mass is 295 g/mol. The number of likely N-dealkylation sites (tertiary alicyclic amines) is 1. The number of hydrogen-bond acceptors (Lipinski definition) is 8. The smallest absolute Gasteiger partial charge is 0.233 e. The van der Waals surface area contributed by atoms with Gasteiger partial charge in [-0.1, -0.05) is 16.9 Å². The Balaban J connectivity index is 1.47. The molecule has 9 nitrogen and oxygen atoms in total. The van der Waals surface area contributed by atoms with E-state index in [0.717, 1.165) is 0 Å². The van der Waals surface area contributed by atoms with Crippen molar-refractivity contribution >= 4 is 17.7 Å². The largest absolute Gasteiger partial charge is 0.340 e. The van der Waals surface area contributed by atoms with E-state index >= 15 is 0 Å². The van der Waals surface area contributed by atoms with Crippen molar-refractivity contribution in [2.45, 2.75) is 18.0 Å². The Bertz CT molecular complexity index is 619. The maximum Gasteiger partial charge on any atom is 0.233 e. The second-order valence-electron chi connectivity index (χ2n) is 4.55. The fourth-order valence-corrected chi connectivity index (χ4v) is 2.63. The van der Waals surface area contributed by atoms with Crippen LogP contribution in [0.3, 0.4) is 0 Å². The molecule has 0 N–H and O–H groups in total. The van der Waals surface area contributed by atoms with E-state index < -0.39 is 0 Å². The van der Waals surface area contributed by atoms with Gasteiger partial charge in [-0.25, -0.2) is 4.68 Å². The summed E-state index contributed by atoms with van der Waals surface area (Å²) >= 11 is 1.32. The summed E-state index contributed by atoms with van der Waals surface area (Å²) in [6, 6.07) is 0. The molecule has 0 aromatic carbocycles. The highest BCUT2D eigenvalue weighted by Crippen LogP contribution is 2.26. The van der Waals surface area contributed by atoms with Gasteiger partial charge in [0.15, 0.2) is 5.82 Å². The van der Waals surface area contributed by atoms with Crippen LogP contribution < -0.4 is 0 Å². The van der Waals surface area contributed by atoms with Gasteiger partial charge in [0.25, 0.3) is 0 Å². The van der Waals surface area contributed by atoms with E-state index in [2.05, 4.69) is 25.7 Å². The summed E-state index contributed by atoms with van der Waals surface area (Å²) < 4.78 is 6.64. The lowest BCUT2D eigenvalue weighted by Gasteiger charge is -2.36. The lowest BCUT2D eigenvalue weighted by Crippen LogP contribution is -2.49. The number of carbonyl (C=O) groups is 1. The van der Waals surface area contributed by atoms with Crippen molar-refractivity contribution in [1.82, 2.24) is 35.2 Å². The summed E-state index contributed by atoms with van der Waals surface area (Å²) in [5.74, 6) is 1.77. The number of thioether (sulfide) groups is 1. The first-order chi connectivity index (χ1) is 9.63. The average Bonchev–Trinajstić information content (AvgIpc) is 2.94. The van der Waals surface area contributed by atoms with Crippen molar-refractivity contribution in [2.75, 3.05) is 18.8 Å². The molecule has 0 unspecified atom stereocenters. The van der Waals surface area contributed by atoms with Gasteiger partial charge >= 0.3 is 0 Å². The molecule has 0 saturated carbocycles. The van der Waals surface area contributed by atoms with Crippen molar-refractivity contribution in [2.24, 2.45) is 7.05 Å². The van der Waals surface area contributed by atoms with E-state index in [-0.39, 0.29) is 11.8 Å². The summed E-state index contributed by atoms with van der Waals surface area (Å²) in [4.78, 5) is 17.9. The average molecular weight is 295 g/mol. The van der Waals surface area contributed by atoms with Gasteiger partial charge in [-0.3, -0.25) is 4.79 Å². The number of hydrogen-bond donors (Lipinski definition) is 0. The van der Waals surface area contributed by atoms with Crippen LogP contribution in [0.5, 0.6) is 0 Å².